The largest absolute Gasteiger partial charge is 0.462 e. The van der Waals surface area contributed by atoms with Crippen molar-refractivity contribution in [3.05, 3.63) is 11.6 Å². The number of aliphatic hydroxyl groups excluding tert-OH is 2. The molecule has 0 fully saturated rings. The molecule has 0 amide bonds. The lowest BCUT2D eigenvalue weighted by molar-refractivity contribution is -0.139. The molecule has 4 nitrogen and oxygen atoms in total. The summed E-state index contributed by atoms with van der Waals surface area (Å²) in [5.41, 5.74) is 0.552. The summed E-state index contributed by atoms with van der Waals surface area (Å²) in [5, 5.41) is 17.0. The summed E-state index contributed by atoms with van der Waals surface area (Å²) in [6, 6.07) is 0. The molecule has 0 atom stereocenters. The summed E-state index contributed by atoms with van der Waals surface area (Å²) in [5.74, 6) is -0.351. The first-order valence-corrected chi connectivity index (χ1v) is 4.78. The second-order valence-corrected chi connectivity index (χ2v) is 2.97. The lowest BCUT2D eigenvalue weighted by Gasteiger charge is -2.03. The average molecular weight is 202 g/mol. The minimum Gasteiger partial charge on any atom is -0.462 e. The zero-order chi connectivity index (χ0) is 10.8. The molecule has 82 valence electrons. The zero-order valence-corrected chi connectivity index (χ0v) is 8.53. The molecular weight excluding hydrogens is 184 g/mol. The van der Waals surface area contributed by atoms with Gasteiger partial charge in [-0.1, -0.05) is 6.08 Å². The van der Waals surface area contributed by atoms with E-state index < -0.39 is 0 Å². The molecular formula is C10H18O4. The van der Waals surface area contributed by atoms with Gasteiger partial charge in [0.15, 0.2) is 0 Å². The van der Waals surface area contributed by atoms with Crippen molar-refractivity contribution in [1.82, 2.24) is 0 Å². The van der Waals surface area contributed by atoms with Gasteiger partial charge < -0.3 is 14.9 Å². The predicted molar refractivity (Wildman–Crippen MR) is 52.7 cm³/mol. The van der Waals surface area contributed by atoms with E-state index in [1.807, 2.05) is 0 Å². The maximum absolute atomic E-state index is 11.2. The van der Waals surface area contributed by atoms with Gasteiger partial charge in [0.2, 0.25) is 0 Å². The number of ether oxygens (including phenoxy) is 1. The molecule has 0 aliphatic carbocycles. The van der Waals surface area contributed by atoms with Crippen LogP contribution in [-0.4, -0.2) is 36.0 Å². The second-order valence-electron chi connectivity index (χ2n) is 2.97. The Morgan fingerprint density at radius 3 is 2.50 bits per heavy atom. The van der Waals surface area contributed by atoms with Crippen LogP contribution in [0.1, 0.15) is 26.2 Å². The van der Waals surface area contributed by atoms with Crippen LogP contribution in [-0.2, 0) is 9.53 Å². The Balaban J connectivity index is 3.68. The average Bonchev–Trinajstić information content (AvgIpc) is 2.18. The van der Waals surface area contributed by atoms with Gasteiger partial charge in [0.25, 0.3) is 0 Å². The van der Waals surface area contributed by atoms with Crippen LogP contribution in [0.15, 0.2) is 11.6 Å². The van der Waals surface area contributed by atoms with Crippen molar-refractivity contribution in [3.63, 3.8) is 0 Å². The van der Waals surface area contributed by atoms with E-state index in [0.29, 0.717) is 24.8 Å². The van der Waals surface area contributed by atoms with E-state index in [1.165, 1.54) is 0 Å². The van der Waals surface area contributed by atoms with Crippen LogP contribution in [0.25, 0.3) is 0 Å². The van der Waals surface area contributed by atoms with Crippen molar-refractivity contribution in [2.24, 2.45) is 0 Å². The molecule has 14 heavy (non-hydrogen) atoms. The molecule has 4 heteroatoms. The van der Waals surface area contributed by atoms with E-state index in [9.17, 15) is 4.79 Å². The van der Waals surface area contributed by atoms with Gasteiger partial charge in [-0.2, -0.15) is 0 Å². The van der Waals surface area contributed by atoms with Crippen LogP contribution < -0.4 is 0 Å². The second kappa shape index (κ2) is 8.72. The van der Waals surface area contributed by atoms with Gasteiger partial charge in [0.05, 0.1) is 6.61 Å². The number of hydrogen-bond acceptors (Lipinski definition) is 4. The van der Waals surface area contributed by atoms with Crippen LogP contribution in [0.5, 0.6) is 0 Å². The molecule has 0 saturated carbocycles. The van der Waals surface area contributed by atoms with Crippen molar-refractivity contribution in [2.45, 2.75) is 26.2 Å². The highest BCUT2D eigenvalue weighted by atomic mass is 16.5. The van der Waals surface area contributed by atoms with Crippen molar-refractivity contribution < 1.29 is 19.7 Å². The lowest BCUT2D eigenvalue weighted by Crippen LogP contribution is -2.08. The van der Waals surface area contributed by atoms with Gasteiger partial charge in [-0.25, -0.2) is 4.79 Å². The minimum absolute atomic E-state index is 0.0283. The monoisotopic (exact) mass is 202 g/mol. The molecule has 0 aliphatic rings. The standard InChI is InChI=1S/C10H18O4/c1-9(5-2-3-6-11)10(13)14-8-4-7-12/h5,11-12H,2-4,6-8H2,1H3/b9-5+. The maximum atomic E-state index is 11.2. The number of carbonyl (C=O) groups excluding carboxylic acids is 1. The topological polar surface area (TPSA) is 66.8 Å². The first kappa shape index (κ1) is 13.1. The molecule has 0 unspecified atom stereocenters. The molecule has 0 spiro atoms. The zero-order valence-electron chi connectivity index (χ0n) is 8.53. The third kappa shape index (κ3) is 6.62. The van der Waals surface area contributed by atoms with Crippen molar-refractivity contribution in [3.8, 4) is 0 Å². The number of esters is 1. The number of carbonyl (C=O) groups is 1. The van der Waals surface area contributed by atoms with Crippen LogP contribution in [0.2, 0.25) is 0 Å². The number of aliphatic hydroxyl groups is 2. The van der Waals surface area contributed by atoms with Crippen LogP contribution >= 0.6 is 0 Å². The predicted octanol–water partition coefficient (Wildman–Crippen LogP) is 0.631. The molecule has 0 aliphatic heterocycles. The Kier molecular flexibility index (Phi) is 8.17. The summed E-state index contributed by atoms with van der Waals surface area (Å²) in [4.78, 5) is 11.2. The maximum Gasteiger partial charge on any atom is 0.333 e. The van der Waals surface area contributed by atoms with Gasteiger partial charge in [-0.05, 0) is 19.8 Å². The van der Waals surface area contributed by atoms with Crippen LogP contribution in [0.4, 0.5) is 0 Å². The van der Waals surface area contributed by atoms with E-state index in [1.54, 1.807) is 13.0 Å². The van der Waals surface area contributed by atoms with Crippen LogP contribution in [0, 0.1) is 0 Å². The molecule has 0 rings (SSSR count). The molecule has 0 aromatic carbocycles. The lowest BCUT2D eigenvalue weighted by atomic mass is 10.2. The molecule has 0 radical (unpaired) electrons. The van der Waals surface area contributed by atoms with Gasteiger partial charge in [0.1, 0.15) is 0 Å². The van der Waals surface area contributed by atoms with E-state index >= 15 is 0 Å². The van der Waals surface area contributed by atoms with Crippen LogP contribution in [0.3, 0.4) is 0 Å². The molecule has 0 heterocycles. The summed E-state index contributed by atoms with van der Waals surface area (Å²) < 4.78 is 4.85. The summed E-state index contributed by atoms with van der Waals surface area (Å²) in [6.45, 7) is 2.09. The van der Waals surface area contributed by atoms with Crippen molar-refractivity contribution >= 4 is 5.97 Å². The first-order chi connectivity index (χ1) is 6.72. The summed E-state index contributed by atoms with van der Waals surface area (Å²) >= 11 is 0. The van der Waals surface area contributed by atoms with E-state index in [0.717, 1.165) is 0 Å². The fraction of sp³-hybridized carbons (Fsp3) is 0.700. The van der Waals surface area contributed by atoms with Gasteiger partial charge in [-0.3, -0.25) is 0 Å². The number of allylic oxidation sites excluding steroid dienone is 1. The van der Waals surface area contributed by atoms with E-state index in [-0.39, 0.29) is 25.8 Å². The normalized spacial score (nSPS) is 11.5. The van der Waals surface area contributed by atoms with Gasteiger partial charge >= 0.3 is 5.97 Å². The van der Waals surface area contributed by atoms with Crippen molar-refractivity contribution in [2.75, 3.05) is 19.8 Å². The Morgan fingerprint density at radius 1 is 1.29 bits per heavy atom. The molecule has 0 aromatic rings. The minimum atomic E-state index is -0.351. The highest BCUT2D eigenvalue weighted by molar-refractivity contribution is 5.87. The number of hydrogen-bond donors (Lipinski definition) is 2. The Morgan fingerprint density at radius 2 is 1.93 bits per heavy atom. The fourth-order valence-corrected chi connectivity index (χ4v) is 0.836. The highest BCUT2D eigenvalue weighted by Crippen LogP contribution is 2.01. The van der Waals surface area contributed by atoms with E-state index in [2.05, 4.69) is 0 Å². The number of rotatable bonds is 7. The summed E-state index contributed by atoms with van der Waals surface area (Å²) in [6.07, 6.45) is 3.55. The first-order valence-electron chi connectivity index (χ1n) is 4.78. The van der Waals surface area contributed by atoms with Gasteiger partial charge in [0, 0.05) is 25.2 Å². The molecule has 0 aromatic heterocycles. The van der Waals surface area contributed by atoms with Gasteiger partial charge in [-0.15, -0.1) is 0 Å². The molecule has 2 N–H and O–H groups in total. The quantitative estimate of drug-likeness (QED) is 0.361. The molecule has 0 saturated heterocycles. The number of unbranched alkanes of at least 4 members (excludes halogenated alkanes) is 1. The SMILES string of the molecule is C/C(=C\CCCO)C(=O)OCCCO. The third-order valence-electron chi connectivity index (χ3n) is 1.67. The molecule has 0 bridgehead atoms. The van der Waals surface area contributed by atoms with Crippen molar-refractivity contribution in [1.29, 1.82) is 0 Å². The summed E-state index contributed by atoms with van der Waals surface area (Å²) in [7, 11) is 0. The smallest absolute Gasteiger partial charge is 0.333 e. The highest BCUT2D eigenvalue weighted by Gasteiger charge is 2.03. The Labute approximate surface area is 84.2 Å². The Bertz CT molecular complexity index is 187. The van der Waals surface area contributed by atoms with E-state index in [4.69, 9.17) is 14.9 Å². The third-order valence-corrected chi connectivity index (χ3v) is 1.67. The fourth-order valence-electron chi connectivity index (χ4n) is 0.836. The Hall–Kier alpha value is -0.870.